The highest BCUT2D eigenvalue weighted by molar-refractivity contribution is 5.79. The number of nitrogens with two attached hydrogens (primary N) is 1. The summed E-state index contributed by atoms with van der Waals surface area (Å²) in [7, 11) is 0. The second-order valence-electron chi connectivity index (χ2n) is 5.18. The fourth-order valence-electron chi connectivity index (χ4n) is 1.76. The van der Waals surface area contributed by atoms with E-state index in [1.807, 2.05) is 0 Å². The third kappa shape index (κ3) is 3.77. The van der Waals surface area contributed by atoms with Gasteiger partial charge in [-0.15, -0.1) is 0 Å². The predicted octanol–water partition coefficient (Wildman–Crippen LogP) is 2.06. The molecule has 6 nitrogen and oxygen atoms in total. The van der Waals surface area contributed by atoms with Crippen LogP contribution < -0.4 is 11.1 Å². The standard InChI is InChI=1S/C14H21N3O3/c1-8-5-6-12(7-13(8)17(19)20)11(4)16-14(18)9(2)10(3)15/h5-7,9-11H,15H2,1-4H3,(H,16,18). The molecule has 0 heterocycles. The molecular formula is C14H21N3O3. The fourth-order valence-corrected chi connectivity index (χ4v) is 1.76. The lowest BCUT2D eigenvalue weighted by molar-refractivity contribution is -0.385. The number of amides is 1. The molecule has 0 saturated carbocycles. The van der Waals surface area contributed by atoms with E-state index in [2.05, 4.69) is 5.32 Å². The van der Waals surface area contributed by atoms with Crippen molar-refractivity contribution in [2.75, 3.05) is 0 Å². The van der Waals surface area contributed by atoms with Gasteiger partial charge in [0.2, 0.25) is 5.91 Å². The largest absolute Gasteiger partial charge is 0.349 e. The summed E-state index contributed by atoms with van der Waals surface area (Å²) in [6, 6.07) is 4.42. The number of aryl methyl sites for hydroxylation is 1. The molecule has 110 valence electrons. The summed E-state index contributed by atoms with van der Waals surface area (Å²) in [5.74, 6) is -0.464. The molecule has 20 heavy (non-hydrogen) atoms. The molecule has 0 fully saturated rings. The third-order valence-electron chi connectivity index (χ3n) is 3.49. The Hall–Kier alpha value is -1.95. The summed E-state index contributed by atoms with van der Waals surface area (Å²) >= 11 is 0. The maximum atomic E-state index is 11.9. The Balaban J connectivity index is 2.88. The monoisotopic (exact) mass is 279 g/mol. The van der Waals surface area contributed by atoms with Crippen LogP contribution in [-0.4, -0.2) is 16.9 Å². The molecular weight excluding hydrogens is 258 g/mol. The second-order valence-corrected chi connectivity index (χ2v) is 5.18. The second kappa shape index (κ2) is 6.47. The van der Waals surface area contributed by atoms with E-state index in [4.69, 9.17) is 5.73 Å². The van der Waals surface area contributed by atoms with Crippen LogP contribution in [0.3, 0.4) is 0 Å². The van der Waals surface area contributed by atoms with Crippen LogP contribution in [0.15, 0.2) is 18.2 Å². The molecule has 0 aliphatic heterocycles. The van der Waals surface area contributed by atoms with Crippen molar-refractivity contribution < 1.29 is 9.72 Å². The number of nitrogens with zero attached hydrogens (tertiary/aromatic N) is 1. The lowest BCUT2D eigenvalue weighted by Gasteiger charge is -2.20. The van der Waals surface area contributed by atoms with Crippen molar-refractivity contribution in [3.05, 3.63) is 39.4 Å². The zero-order valence-electron chi connectivity index (χ0n) is 12.2. The van der Waals surface area contributed by atoms with Crippen molar-refractivity contribution in [3.8, 4) is 0 Å². The van der Waals surface area contributed by atoms with Gasteiger partial charge < -0.3 is 11.1 Å². The van der Waals surface area contributed by atoms with Gasteiger partial charge in [0.05, 0.1) is 11.0 Å². The molecule has 0 spiro atoms. The van der Waals surface area contributed by atoms with Crippen LogP contribution in [0.1, 0.15) is 37.9 Å². The summed E-state index contributed by atoms with van der Waals surface area (Å²) in [5.41, 5.74) is 7.04. The first-order chi connectivity index (χ1) is 9.23. The number of nitro benzene ring substituents is 1. The third-order valence-corrected chi connectivity index (χ3v) is 3.49. The number of hydrogen-bond acceptors (Lipinski definition) is 4. The molecule has 1 aromatic rings. The summed E-state index contributed by atoms with van der Waals surface area (Å²) < 4.78 is 0. The quantitative estimate of drug-likeness (QED) is 0.636. The van der Waals surface area contributed by atoms with Gasteiger partial charge in [0.1, 0.15) is 0 Å². The summed E-state index contributed by atoms with van der Waals surface area (Å²) in [4.78, 5) is 22.4. The minimum atomic E-state index is -0.419. The molecule has 1 amide bonds. The number of rotatable bonds is 5. The minimum absolute atomic E-state index is 0.0591. The Kier molecular flexibility index (Phi) is 5.21. The van der Waals surface area contributed by atoms with E-state index >= 15 is 0 Å². The zero-order chi connectivity index (χ0) is 15.4. The molecule has 0 aliphatic carbocycles. The Morgan fingerprint density at radius 1 is 1.35 bits per heavy atom. The first-order valence-electron chi connectivity index (χ1n) is 6.55. The number of carbonyl (C=O) groups excluding carboxylic acids is 1. The zero-order valence-corrected chi connectivity index (χ0v) is 12.2. The maximum Gasteiger partial charge on any atom is 0.272 e. The Bertz CT molecular complexity index is 514. The summed E-state index contributed by atoms with van der Waals surface area (Å²) in [5, 5.41) is 13.7. The van der Waals surface area contributed by atoms with Crippen LogP contribution in [0.25, 0.3) is 0 Å². The van der Waals surface area contributed by atoms with Gasteiger partial charge in [-0.05, 0) is 26.3 Å². The molecule has 1 aromatic carbocycles. The van der Waals surface area contributed by atoms with Crippen molar-refractivity contribution in [3.63, 3.8) is 0 Å². The van der Waals surface area contributed by atoms with Crippen molar-refractivity contribution in [2.24, 2.45) is 11.7 Å². The van der Waals surface area contributed by atoms with Crippen LogP contribution in [0.4, 0.5) is 5.69 Å². The first kappa shape index (κ1) is 16.1. The van der Waals surface area contributed by atoms with E-state index in [0.717, 1.165) is 0 Å². The van der Waals surface area contributed by atoms with Crippen LogP contribution >= 0.6 is 0 Å². The molecule has 3 N–H and O–H groups in total. The van der Waals surface area contributed by atoms with E-state index < -0.39 is 4.92 Å². The number of carbonyl (C=O) groups is 1. The summed E-state index contributed by atoms with van der Waals surface area (Å²) in [6.07, 6.45) is 0. The Labute approximate surface area is 118 Å². The smallest absolute Gasteiger partial charge is 0.272 e. The van der Waals surface area contributed by atoms with Gasteiger partial charge in [-0.3, -0.25) is 14.9 Å². The molecule has 3 unspecified atom stereocenters. The SMILES string of the molecule is Cc1ccc(C(C)NC(=O)C(C)C(C)N)cc1[N+](=O)[O-]. The molecule has 3 atom stereocenters. The van der Waals surface area contributed by atoms with Crippen LogP contribution in [-0.2, 0) is 4.79 Å². The molecule has 0 saturated heterocycles. The highest BCUT2D eigenvalue weighted by Crippen LogP contribution is 2.23. The van der Waals surface area contributed by atoms with Gasteiger partial charge in [0, 0.05) is 23.6 Å². The van der Waals surface area contributed by atoms with Crippen molar-refractivity contribution in [1.82, 2.24) is 5.32 Å². The first-order valence-corrected chi connectivity index (χ1v) is 6.55. The Morgan fingerprint density at radius 3 is 2.45 bits per heavy atom. The van der Waals surface area contributed by atoms with Gasteiger partial charge in [-0.1, -0.05) is 19.1 Å². The van der Waals surface area contributed by atoms with Gasteiger partial charge in [-0.2, -0.15) is 0 Å². The fraction of sp³-hybridized carbons (Fsp3) is 0.500. The molecule has 6 heteroatoms. The number of hydrogen-bond donors (Lipinski definition) is 2. The Morgan fingerprint density at radius 2 is 1.95 bits per heavy atom. The lowest BCUT2D eigenvalue weighted by Crippen LogP contribution is -2.39. The van der Waals surface area contributed by atoms with E-state index in [1.54, 1.807) is 39.8 Å². The van der Waals surface area contributed by atoms with E-state index in [1.165, 1.54) is 6.07 Å². The molecule has 0 aliphatic rings. The van der Waals surface area contributed by atoms with Gasteiger partial charge >= 0.3 is 0 Å². The van der Waals surface area contributed by atoms with E-state index in [9.17, 15) is 14.9 Å². The molecule has 0 aromatic heterocycles. The van der Waals surface area contributed by atoms with Crippen LogP contribution in [0.2, 0.25) is 0 Å². The maximum absolute atomic E-state index is 11.9. The number of nitrogens with one attached hydrogen (secondary N) is 1. The molecule has 1 rings (SSSR count). The van der Waals surface area contributed by atoms with Crippen LogP contribution in [0.5, 0.6) is 0 Å². The predicted molar refractivity (Wildman–Crippen MR) is 77.2 cm³/mol. The van der Waals surface area contributed by atoms with Crippen molar-refractivity contribution in [1.29, 1.82) is 0 Å². The van der Waals surface area contributed by atoms with Gasteiger partial charge in [0.15, 0.2) is 0 Å². The normalized spacial score (nSPS) is 15.2. The van der Waals surface area contributed by atoms with Gasteiger partial charge in [0.25, 0.3) is 5.69 Å². The van der Waals surface area contributed by atoms with E-state index in [0.29, 0.717) is 11.1 Å². The minimum Gasteiger partial charge on any atom is -0.349 e. The molecule has 0 bridgehead atoms. The van der Waals surface area contributed by atoms with Crippen LogP contribution in [0, 0.1) is 23.0 Å². The highest BCUT2D eigenvalue weighted by atomic mass is 16.6. The topological polar surface area (TPSA) is 98.3 Å². The lowest BCUT2D eigenvalue weighted by atomic mass is 10.0. The number of nitro groups is 1. The number of benzene rings is 1. The van der Waals surface area contributed by atoms with E-state index in [-0.39, 0.29) is 29.6 Å². The highest BCUT2D eigenvalue weighted by Gasteiger charge is 2.20. The van der Waals surface area contributed by atoms with Gasteiger partial charge in [-0.25, -0.2) is 0 Å². The average molecular weight is 279 g/mol. The van der Waals surface area contributed by atoms with Crippen molar-refractivity contribution in [2.45, 2.75) is 39.8 Å². The molecule has 0 radical (unpaired) electrons. The summed E-state index contributed by atoms with van der Waals surface area (Å²) in [6.45, 7) is 7.00. The average Bonchev–Trinajstić information content (AvgIpc) is 2.37. The van der Waals surface area contributed by atoms with Crippen molar-refractivity contribution >= 4 is 11.6 Å².